The Morgan fingerprint density at radius 2 is 1.84 bits per heavy atom. The van der Waals surface area contributed by atoms with Gasteiger partial charge < -0.3 is 14.8 Å². The van der Waals surface area contributed by atoms with Gasteiger partial charge in [-0.1, -0.05) is 6.92 Å². The van der Waals surface area contributed by atoms with Gasteiger partial charge in [0.25, 0.3) is 5.91 Å². The third kappa shape index (κ3) is 3.96. The summed E-state index contributed by atoms with van der Waals surface area (Å²) in [6.07, 6.45) is 0.402. The van der Waals surface area contributed by atoms with Crippen LogP contribution in [0.15, 0.2) is 24.3 Å². The molecule has 1 aliphatic heterocycles. The van der Waals surface area contributed by atoms with E-state index in [0.29, 0.717) is 17.7 Å². The number of rotatable bonds is 7. The van der Waals surface area contributed by atoms with Crippen LogP contribution in [0.25, 0.3) is 0 Å². The van der Waals surface area contributed by atoms with E-state index in [-0.39, 0.29) is 0 Å². The van der Waals surface area contributed by atoms with Gasteiger partial charge >= 0.3 is 12.0 Å². The molecule has 0 bridgehead atoms. The summed E-state index contributed by atoms with van der Waals surface area (Å²) in [7, 11) is 1.51. The van der Waals surface area contributed by atoms with E-state index in [4.69, 9.17) is 9.47 Å². The number of carbonyl (C=O) groups excluding carboxylic acids is 4. The summed E-state index contributed by atoms with van der Waals surface area (Å²) in [6, 6.07) is 5.70. The molecule has 25 heavy (non-hydrogen) atoms. The van der Waals surface area contributed by atoms with Crippen LogP contribution in [0.1, 0.15) is 30.6 Å². The molecule has 1 aromatic rings. The van der Waals surface area contributed by atoms with Crippen molar-refractivity contribution in [3.8, 4) is 5.75 Å². The summed E-state index contributed by atoms with van der Waals surface area (Å²) < 4.78 is 9.88. The zero-order valence-corrected chi connectivity index (χ0v) is 14.3. The van der Waals surface area contributed by atoms with Crippen LogP contribution < -0.4 is 10.1 Å². The normalized spacial score (nSPS) is 19.6. The number of Topliss-reactive ketones (excluding diaryl/α,β-unsaturated/α-hetero) is 1. The smallest absolute Gasteiger partial charge is 0.326 e. The number of nitrogens with one attached hydrogen (secondary N) is 1. The van der Waals surface area contributed by atoms with Crippen molar-refractivity contribution in [1.29, 1.82) is 0 Å². The molecule has 0 aliphatic carbocycles. The molecular weight excluding hydrogens is 328 g/mol. The van der Waals surface area contributed by atoms with Crippen LogP contribution in [-0.2, 0) is 14.3 Å². The number of esters is 1. The van der Waals surface area contributed by atoms with Gasteiger partial charge in [-0.25, -0.2) is 4.79 Å². The van der Waals surface area contributed by atoms with Gasteiger partial charge in [0.15, 0.2) is 12.4 Å². The number of ketones is 1. The average Bonchev–Trinajstić information content (AvgIpc) is 2.83. The maximum Gasteiger partial charge on any atom is 0.326 e. The molecule has 0 spiro atoms. The van der Waals surface area contributed by atoms with E-state index in [9.17, 15) is 19.2 Å². The van der Waals surface area contributed by atoms with Crippen molar-refractivity contribution < 1.29 is 28.7 Å². The largest absolute Gasteiger partial charge is 0.497 e. The Morgan fingerprint density at radius 3 is 2.36 bits per heavy atom. The lowest BCUT2D eigenvalue weighted by Gasteiger charge is -2.18. The van der Waals surface area contributed by atoms with Gasteiger partial charge in [-0.15, -0.1) is 0 Å². The van der Waals surface area contributed by atoms with Crippen molar-refractivity contribution in [2.45, 2.75) is 25.8 Å². The lowest BCUT2D eigenvalue weighted by atomic mass is 9.99. The van der Waals surface area contributed by atoms with E-state index in [2.05, 4.69) is 5.32 Å². The molecule has 1 fully saturated rings. The maximum absolute atomic E-state index is 12.2. The van der Waals surface area contributed by atoms with Gasteiger partial charge in [-0.05, 0) is 37.6 Å². The standard InChI is InChI=1S/C17H20N2O6/c1-4-17(2)15(22)19(16(23)18-17)9-14(21)25-10-13(20)11-5-7-12(24-3)8-6-11/h5-8H,4,9-10H2,1-3H3,(H,18,23)/t17-/m0/s1. The van der Waals surface area contributed by atoms with Gasteiger partial charge in [0.2, 0.25) is 0 Å². The fourth-order valence-corrected chi connectivity index (χ4v) is 2.31. The lowest BCUT2D eigenvalue weighted by molar-refractivity contribution is -0.146. The maximum atomic E-state index is 12.2. The third-order valence-corrected chi connectivity index (χ3v) is 4.12. The number of ether oxygens (including phenoxy) is 2. The molecule has 3 amide bonds. The molecule has 8 heteroatoms. The minimum atomic E-state index is -1.02. The minimum absolute atomic E-state index is 0.363. The number of hydrogen-bond donors (Lipinski definition) is 1. The number of urea groups is 1. The summed E-state index contributed by atoms with van der Waals surface area (Å²) >= 11 is 0. The quantitative estimate of drug-likeness (QED) is 0.450. The number of methoxy groups -OCH3 is 1. The number of carbonyl (C=O) groups is 4. The van der Waals surface area contributed by atoms with Crippen molar-refractivity contribution in [3.63, 3.8) is 0 Å². The molecule has 0 radical (unpaired) electrons. The van der Waals surface area contributed by atoms with Gasteiger partial charge in [0.1, 0.15) is 17.8 Å². The van der Waals surface area contributed by atoms with Crippen molar-refractivity contribution >= 4 is 23.7 Å². The first-order valence-electron chi connectivity index (χ1n) is 7.77. The van der Waals surface area contributed by atoms with Gasteiger partial charge in [0, 0.05) is 5.56 Å². The molecule has 1 saturated heterocycles. The Morgan fingerprint density at radius 1 is 1.20 bits per heavy atom. The molecule has 134 valence electrons. The molecule has 1 heterocycles. The topological polar surface area (TPSA) is 102 Å². The Labute approximate surface area is 145 Å². The molecule has 0 aromatic heterocycles. The second-order valence-electron chi connectivity index (χ2n) is 5.82. The molecule has 1 N–H and O–H groups in total. The predicted molar refractivity (Wildman–Crippen MR) is 87.2 cm³/mol. The number of hydrogen-bond acceptors (Lipinski definition) is 6. The van der Waals surface area contributed by atoms with E-state index in [1.165, 1.54) is 7.11 Å². The Hall–Kier alpha value is -2.90. The van der Waals surface area contributed by atoms with Crippen LogP contribution in [0.2, 0.25) is 0 Å². The van der Waals surface area contributed by atoms with Crippen molar-refractivity contribution in [2.75, 3.05) is 20.3 Å². The zero-order chi connectivity index (χ0) is 18.6. The molecule has 1 atom stereocenters. The van der Waals surface area contributed by atoms with E-state index in [1.54, 1.807) is 38.1 Å². The van der Waals surface area contributed by atoms with Crippen LogP contribution in [0.4, 0.5) is 4.79 Å². The second kappa shape index (κ2) is 7.33. The van der Waals surface area contributed by atoms with Gasteiger partial charge in [0.05, 0.1) is 7.11 Å². The fourth-order valence-electron chi connectivity index (χ4n) is 2.31. The van der Waals surface area contributed by atoms with Crippen LogP contribution in [0.3, 0.4) is 0 Å². The molecule has 2 rings (SSSR count). The zero-order valence-electron chi connectivity index (χ0n) is 14.3. The summed E-state index contributed by atoms with van der Waals surface area (Å²) in [6.45, 7) is 2.34. The SMILES string of the molecule is CC[C@]1(C)NC(=O)N(CC(=O)OCC(=O)c2ccc(OC)cc2)C1=O. The predicted octanol–water partition coefficient (Wildman–Crippen LogP) is 1.14. The highest BCUT2D eigenvalue weighted by Gasteiger charge is 2.47. The van der Waals surface area contributed by atoms with Crippen LogP contribution >= 0.6 is 0 Å². The van der Waals surface area contributed by atoms with E-state index in [0.717, 1.165) is 4.90 Å². The van der Waals surface area contributed by atoms with Crippen molar-refractivity contribution in [1.82, 2.24) is 10.2 Å². The molecule has 1 aromatic carbocycles. The molecule has 0 unspecified atom stereocenters. The van der Waals surface area contributed by atoms with Gasteiger partial charge in [-0.2, -0.15) is 0 Å². The number of nitrogens with zero attached hydrogens (tertiary/aromatic N) is 1. The minimum Gasteiger partial charge on any atom is -0.497 e. The number of imide groups is 1. The van der Waals surface area contributed by atoms with Gasteiger partial charge in [-0.3, -0.25) is 19.3 Å². The van der Waals surface area contributed by atoms with Crippen molar-refractivity contribution in [2.24, 2.45) is 0 Å². The summed E-state index contributed by atoms with van der Waals surface area (Å²) in [5, 5.41) is 2.54. The Balaban J connectivity index is 1.89. The summed E-state index contributed by atoms with van der Waals surface area (Å²) in [4.78, 5) is 48.6. The highest BCUT2D eigenvalue weighted by molar-refractivity contribution is 6.08. The first kappa shape index (κ1) is 18.4. The van der Waals surface area contributed by atoms with Crippen LogP contribution in [0.5, 0.6) is 5.75 Å². The van der Waals surface area contributed by atoms with E-state index >= 15 is 0 Å². The summed E-state index contributed by atoms with van der Waals surface area (Å²) in [5.74, 6) is -1.11. The second-order valence-corrected chi connectivity index (χ2v) is 5.82. The van der Waals surface area contributed by atoms with E-state index in [1.807, 2.05) is 0 Å². The lowest BCUT2D eigenvalue weighted by Crippen LogP contribution is -2.43. The van der Waals surface area contributed by atoms with E-state index < -0.39 is 42.4 Å². The summed E-state index contributed by atoms with van der Waals surface area (Å²) in [5.41, 5.74) is -0.654. The Bertz CT molecular complexity index is 700. The van der Waals surface area contributed by atoms with Crippen LogP contribution in [0, 0.1) is 0 Å². The highest BCUT2D eigenvalue weighted by atomic mass is 16.5. The number of benzene rings is 1. The van der Waals surface area contributed by atoms with Crippen LogP contribution in [-0.4, -0.2) is 54.4 Å². The number of amides is 3. The highest BCUT2D eigenvalue weighted by Crippen LogP contribution is 2.20. The molecule has 1 aliphatic rings. The Kier molecular flexibility index (Phi) is 5.41. The molecular formula is C17H20N2O6. The first-order valence-corrected chi connectivity index (χ1v) is 7.77. The van der Waals surface area contributed by atoms with Crippen molar-refractivity contribution in [3.05, 3.63) is 29.8 Å². The monoisotopic (exact) mass is 348 g/mol. The fraction of sp³-hybridized carbons (Fsp3) is 0.412. The molecule has 8 nitrogen and oxygen atoms in total. The first-order chi connectivity index (χ1) is 11.8. The average molecular weight is 348 g/mol. The third-order valence-electron chi connectivity index (χ3n) is 4.12. The molecule has 0 saturated carbocycles.